The standard InChI is InChI=1S/C11H13N3O4S/c1-17-9-4-3-8(7-10(9)18-2)19(15,16)14-11-12-5-6-13-11/h3-7H,1-2H3,(H2,12,13,14). The molecule has 2 N–H and O–H groups in total. The lowest BCUT2D eigenvalue weighted by Crippen LogP contribution is -2.14. The van der Waals surface area contributed by atoms with Crippen molar-refractivity contribution in [2.24, 2.45) is 0 Å². The van der Waals surface area contributed by atoms with E-state index < -0.39 is 10.0 Å². The average molecular weight is 283 g/mol. The molecule has 0 aliphatic rings. The number of hydrogen-bond acceptors (Lipinski definition) is 5. The van der Waals surface area contributed by atoms with E-state index in [1.54, 1.807) is 0 Å². The highest BCUT2D eigenvalue weighted by molar-refractivity contribution is 7.92. The molecule has 0 saturated heterocycles. The van der Waals surface area contributed by atoms with Gasteiger partial charge in [0.25, 0.3) is 10.0 Å². The van der Waals surface area contributed by atoms with Gasteiger partial charge in [-0.1, -0.05) is 0 Å². The number of imidazole rings is 1. The molecular weight excluding hydrogens is 270 g/mol. The Hall–Kier alpha value is -2.22. The van der Waals surface area contributed by atoms with Crippen molar-refractivity contribution in [1.29, 1.82) is 0 Å². The third-order valence-electron chi connectivity index (χ3n) is 2.39. The van der Waals surface area contributed by atoms with Crippen molar-refractivity contribution in [2.75, 3.05) is 18.9 Å². The van der Waals surface area contributed by atoms with Crippen LogP contribution in [0, 0.1) is 0 Å². The Morgan fingerprint density at radius 1 is 1.21 bits per heavy atom. The van der Waals surface area contributed by atoms with Crippen molar-refractivity contribution in [3.63, 3.8) is 0 Å². The van der Waals surface area contributed by atoms with Crippen molar-refractivity contribution < 1.29 is 17.9 Å². The van der Waals surface area contributed by atoms with Crippen LogP contribution in [0.3, 0.4) is 0 Å². The highest BCUT2D eigenvalue weighted by Gasteiger charge is 2.17. The van der Waals surface area contributed by atoms with Gasteiger partial charge in [0.05, 0.1) is 19.1 Å². The molecule has 0 saturated carbocycles. The van der Waals surface area contributed by atoms with Crippen molar-refractivity contribution in [3.8, 4) is 11.5 Å². The molecule has 0 spiro atoms. The van der Waals surface area contributed by atoms with E-state index in [-0.39, 0.29) is 10.8 Å². The van der Waals surface area contributed by atoms with Gasteiger partial charge in [0.1, 0.15) is 0 Å². The number of sulfonamides is 1. The largest absolute Gasteiger partial charge is 0.493 e. The van der Waals surface area contributed by atoms with Gasteiger partial charge >= 0.3 is 0 Å². The summed E-state index contributed by atoms with van der Waals surface area (Å²) in [6.07, 6.45) is 2.97. The number of hydrogen-bond donors (Lipinski definition) is 2. The fraction of sp³-hybridized carbons (Fsp3) is 0.182. The average Bonchev–Trinajstić information content (AvgIpc) is 2.89. The Kier molecular flexibility index (Phi) is 3.61. The molecule has 102 valence electrons. The molecule has 2 aromatic rings. The van der Waals surface area contributed by atoms with Gasteiger partial charge in [0, 0.05) is 18.5 Å². The summed E-state index contributed by atoms with van der Waals surface area (Å²) in [4.78, 5) is 6.52. The lowest BCUT2D eigenvalue weighted by Gasteiger charge is -2.10. The first kappa shape index (κ1) is 13.2. The summed E-state index contributed by atoms with van der Waals surface area (Å²) in [5.41, 5.74) is 0. The minimum atomic E-state index is -3.72. The summed E-state index contributed by atoms with van der Waals surface area (Å²) < 4.78 is 36.6. The van der Waals surface area contributed by atoms with Crippen LogP contribution in [0.15, 0.2) is 35.5 Å². The molecule has 0 fully saturated rings. The summed E-state index contributed by atoms with van der Waals surface area (Å²) in [6, 6.07) is 4.33. The van der Waals surface area contributed by atoms with Crippen molar-refractivity contribution >= 4 is 16.0 Å². The molecule has 1 heterocycles. The Labute approximate surface area is 110 Å². The number of methoxy groups -OCH3 is 2. The van der Waals surface area contributed by atoms with E-state index in [1.165, 1.54) is 44.8 Å². The molecule has 1 aromatic heterocycles. The number of H-pyrrole nitrogens is 1. The fourth-order valence-corrected chi connectivity index (χ4v) is 2.48. The van der Waals surface area contributed by atoms with Gasteiger partial charge in [-0.05, 0) is 12.1 Å². The van der Waals surface area contributed by atoms with Gasteiger partial charge in [-0.3, -0.25) is 0 Å². The molecule has 8 heteroatoms. The molecule has 1 aromatic carbocycles. The van der Waals surface area contributed by atoms with Crippen LogP contribution in [0.5, 0.6) is 11.5 Å². The highest BCUT2D eigenvalue weighted by Crippen LogP contribution is 2.29. The van der Waals surface area contributed by atoms with E-state index in [2.05, 4.69) is 14.7 Å². The molecule has 0 amide bonds. The maximum absolute atomic E-state index is 12.1. The van der Waals surface area contributed by atoms with Gasteiger partial charge in [0.15, 0.2) is 11.5 Å². The van der Waals surface area contributed by atoms with Crippen LogP contribution in [0.1, 0.15) is 0 Å². The fourth-order valence-electron chi connectivity index (χ4n) is 1.49. The van der Waals surface area contributed by atoms with Crippen LogP contribution < -0.4 is 14.2 Å². The van der Waals surface area contributed by atoms with Gasteiger partial charge in [-0.2, -0.15) is 0 Å². The van der Waals surface area contributed by atoms with Gasteiger partial charge in [-0.25, -0.2) is 18.1 Å². The minimum Gasteiger partial charge on any atom is -0.493 e. The zero-order valence-electron chi connectivity index (χ0n) is 10.4. The summed E-state index contributed by atoms with van der Waals surface area (Å²) >= 11 is 0. The summed E-state index contributed by atoms with van der Waals surface area (Å²) in [6.45, 7) is 0. The molecule has 0 atom stereocenters. The molecule has 0 bridgehead atoms. The minimum absolute atomic E-state index is 0.0570. The molecule has 0 aliphatic carbocycles. The molecule has 2 rings (SSSR count). The van der Waals surface area contributed by atoms with E-state index in [4.69, 9.17) is 9.47 Å². The Morgan fingerprint density at radius 2 is 1.95 bits per heavy atom. The molecule has 7 nitrogen and oxygen atoms in total. The maximum atomic E-state index is 12.1. The van der Waals surface area contributed by atoms with Crippen molar-refractivity contribution in [2.45, 2.75) is 4.90 Å². The lowest BCUT2D eigenvalue weighted by molar-refractivity contribution is 0.354. The van der Waals surface area contributed by atoms with Crippen molar-refractivity contribution in [3.05, 3.63) is 30.6 Å². The highest BCUT2D eigenvalue weighted by atomic mass is 32.2. The zero-order valence-corrected chi connectivity index (χ0v) is 11.2. The topological polar surface area (TPSA) is 93.3 Å². The number of nitrogens with zero attached hydrogens (tertiary/aromatic N) is 1. The first-order chi connectivity index (χ1) is 9.06. The first-order valence-corrected chi connectivity index (χ1v) is 6.79. The molecular formula is C11H13N3O4S. The number of ether oxygens (including phenoxy) is 2. The van der Waals surface area contributed by atoms with Crippen LogP contribution >= 0.6 is 0 Å². The maximum Gasteiger partial charge on any atom is 0.264 e. The van der Waals surface area contributed by atoms with Crippen LogP contribution in [0.4, 0.5) is 5.95 Å². The van der Waals surface area contributed by atoms with E-state index in [1.807, 2.05) is 0 Å². The monoisotopic (exact) mass is 283 g/mol. The third kappa shape index (κ3) is 2.79. The van der Waals surface area contributed by atoms with Crippen LogP contribution in [-0.2, 0) is 10.0 Å². The number of nitrogens with one attached hydrogen (secondary N) is 2. The summed E-state index contributed by atoms with van der Waals surface area (Å²) in [5.74, 6) is 0.944. The molecule has 0 aliphatic heterocycles. The van der Waals surface area contributed by atoms with Crippen LogP contribution in [-0.4, -0.2) is 32.6 Å². The lowest BCUT2D eigenvalue weighted by atomic mass is 10.3. The van der Waals surface area contributed by atoms with Gasteiger partial charge < -0.3 is 14.5 Å². The third-order valence-corrected chi connectivity index (χ3v) is 3.73. The van der Waals surface area contributed by atoms with E-state index in [0.29, 0.717) is 11.5 Å². The van der Waals surface area contributed by atoms with E-state index in [9.17, 15) is 8.42 Å². The number of anilines is 1. The predicted molar refractivity (Wildman–Crippen MR) is 68.9 cm³/mol. The number of rotatable bonds is 5. The zero-order chi connectivity index (χ0) is 13.9. The van der Waals surface area contributed by atoms with Crippen molar-refractivity contribution in [1.82, 2.24) is 9.97 Å². The first-order valence-electron chi connectivity index (χ1n) is 5.31. The van der Waals surface area contributed by atoms with E-state index >= 15 is 0 Å². The smallest absolute Gasteiger partial charge is 0.264 e. The molecule has 19 heavy (non-hydrogen) atoms. The van der Waals surface area contributed by atoms with Gasteiger partial charge in [0.2, 0.25) is 5.95 Å². The second-order valence-electron chi connectivity index (χ2n) is 3.56. The van der Waals surface area contributed by atoms with Crippen LogP contribution in [0.25, 0.3) is 0 Å². The number of aromatic amines is 1. The predicted octanol–water partition coefficient (Wildman–Crippen LogP) is 1.23. The quantitative estimate of drug-likeness (QED) is 0.860. The number of aromatic nitrogens is 2. The molecule has 0 radical (unpaired) electrons. The van der Waals surface area contributed by atoms with Gasteiger partial charge in [-0.15, -0.1) is 0 Å². The second-order valence-corrected chi connectivity index (χ2v) is 5.24. The SMILES string of the molecule is COc1ccc(S(=O)(=O)Nc2ncc[nH]2)cc1OC. The Balaban J connectivity index is 2.35. The number of benzene rings is 1. The van der Waals surface area contributed by atoms with Crippen LogP contribution in [0.2, 0.25) is 0 Å². The Bertz CT molecular complexity index is 653. The summed E-state index contributed by atoms with van der Waals surface area (Å²) in [5, 5.41) is 0. The Morgan fingerprint density at radius 3 is 2.53 bits per heavy atom. The normalized spacial score (nSPS) is 11.1. The summed E-state index contributed by atoms with van der Waals surface area (Å²) in [7, 11) is -0.802. The second kappa shape index (κ2) is 5.19. The van der Waals surface area contributed by atoms with E-state index in [0.717, 1.165) is 0 Å². The molecule has 0 unspecified atom stereocenters.